The number of phenols is 2. The normalized spacial score (nSPS) is 12.8. The molecule has 0 saturated carbocycles. The van der Waals surface area contributed by atoms with Crippen molar-refractivity contribution in [2.24, 2.45) is 9.98 Å². The number of phenolic OH excluding ortho intramolecular Hbond substituents is 2. The predicted molar refractivity (Wildman–Crippen MR) is 225 cm³/mol. The highest BCUT2D eigenvalue weighted by Crippen LogP contribution is 2.42. The van der Waals surface area contributed by atoms with Crippen LogP contribution < -0.4 is 9.47 Å². The molecule has 0 heterocycles. The van der Waals surface area contributed by atoms with E-state index in [9.17, 15) is 10.2 Å². The standard InChI is InChI=1S/C48H56N2O4/c1-45(2,3)33-25-31(43(51)35(27-33)47(7,8)9)29-49-37-19-13-15-21-39(37)53-41-23-17-18-24-42(41)54-40-22-16-14-20-38(40)50-30-32-26-34(46(4,5)6)28-36(44(32)52)48(10,11)12/h13-30,51-52H,1-12H3. The molecule has 0 saturated heterocycles. The van der Waals surface area contributed by atoms with Crippen molar-refractivity contribution >= 4 is 23.8 Å². The van der Waals surface area contributed by atoms with Crippen LogP contribution in [0.25, 0.3) is 0 Å². The van der Waals surface area contributed by atoms with Gasteiger partial charge in [-0.25, -0.2) is 0 Å². The predicted octanol–water partition coefficient (Wildman–Crippen LogP) is 13.4. The molecule has 0 aliphatic carbocycles. The van der Waals surface area contributed by atoms with E-state index in [-0.39, 0.29) is 33.2 Å². The summed E-state index contributed by atoms with van der Waals surface area (Å²) >= 11 is 0. The van der Waals surface area contributed by atoms with Crippen LogP contribution in [0.3, 0.4) is 0 Å². The number of hydrogen-bond acceptors (Lipinski definition) is 6. The second-order valence-electron chi connectivity index (χ2n) is 18.0. The van der Waals surface area contributed by atoms with Gasteiger partial charge in [-0.2, -0.15) is 0 Å². The van der Waals surface area contributed by atoms with E-state index in [1.807, 2.05) is 84.9 Å². The van der Waals surface area contributed by atoms with Gasteiger partial charge in [0.1, 0.15) is 22.9 Å². The topological polar surface area (TPSA) is 83.6 Å². The Bertz CT molecular complexity index is 2030. The van der Waals surface area contributed by atoms with Crippen molar-refractivity contribution in [2.45, 2.75) is 105 Å². The van der Waals surface area contributed by atoms with Crippen molar-refractivity contribution in [1.29, 1.82) is 0 Å². The minimum absolute atomic E-state index is 0.111. The smallest absolute Gasteiger partial charge is 0.170 e. The highest BCUT2D eigenvalue weighted by Gasteiger charge is 2.26. The Hall–Kier alpha value is -5.36. The molecule has 0 spiro atoms. The molecule has 0 radical (unpaired) electrons. The summed E-state index contributed by atoms with van der Waals surface area (Å²) in [5, 5.41) is 22.7. The number of hydrogen-bond donors (Lipinski definition) is 2. The van der Waals surface area contributed by atoms with Crippen molar-refractivity contribution in [3.8, 4) is 34.5 Å². The first-order valence-electron chi connectivity index (χ1n) is 18.6. The Balaban J connectivity index is 1.46. The molecule has 282 valence electrons. The molecular formula is C48H56N2O4. The van der Waals surface area contributed by atoms with E-state index in [2.05, 4.69) is 95.2 Å². The maximum absolute atomic E-state index is 11.3. The van der Waals surface area contributed by atoms with Crippen LogP contribution in [0.15, 0.2) is 107 Å². The van der Waals surface area contributed by atoms with E-state index < -0.39 is 0 Å². The Kier molecular flexibility index (Phi) is 11.2. The number of para-hydroxylation sites is 6. The van der Waals surface area contributed by atoms with Gasteiger partial charge in [0.15, 0.2) is 23.0 Å². The van der Waals surface area contributed by atoms with Crippen molar-refractivity contribution in [3.63, 3.8) is 0 Å². The average Bonchev–Trinajstić information content (AvgIpc) is 3.07. The number of benzene rings is 5. The molecule has 0 aliphatic heterocycles. The Labute approximate surface area is 322 Å². The minimum atomic E-state index is -0.252. The van der Waals surface area contributed by atoms with Gasteiger partial charge in [-0.05, 0) is 81.3 Å². The van der Waals surface area contributed by atoms with Crippen LogP contribution in [-0.4, -0.2) is 22.6 Å². The van der Waals surface area contributed by atoms with Crippen LogP contribution in [0.1, 0.15) is 116 Å². The molecule has 54 heavy (non-hydrogen) atoms. The second-order valence-corrected chi connectivity index (χ2v) is 18.0. The van der Waals surface area contributed by atoms with Crippen LogP contribution in [-0.2, 0) is 21.7 Å². The zero-order valence-corrected chi connectivity index (χ0v) is 34.0. The summed E-state index contributed by atoms with van der Waals surface area (Å²) in [4.78, 5) is 9.64. The summed E-state index contributed by atoms with van der Waals surface area (Å²) in [7, 11) is 0. The highest BCUT2D eigenvalue weighted by molar-refractivity contribution is 5.88. The summed E-state index contributed by atoms with van der Waals surface area (Å²) < 4.78 is 13.0. The van der Waals surface area contributed by atoms with Crippen molar-refractivity contribution < 1.29 is 19.7 Å². The fraction of sp³-hybridized carbons (Fsp3) is 0.333. The molecule has 0 fully saturated rings. The number of nitrogens with zero attached hydrogens (tertiary/aromatic N) is 2. The van der Waals surface area contributed by atoms with Gasteiger partial charge in [0.2, 0.25) is 0 Å². The molecule has 2 N–H and O–H groups in total. The maximum Gasteiger partial charge on any atom is 0.170 e. The molecule has 5 aromatic rings. The van der Waals surface area contributed by atoms with E-state index in [0.717, 1.165) is 22.3 Å². The first-order chi connectivity index (χ1) is 25.1. The zero-order valence-electron chi connectivity index (χ0n) is 34.0. The van der Waals surface area contributed by atoms with E-state index in [0.29, 0.717) is 45.5 Å². The molecule has 0 atom stereocenters. The molecule has 0 amide bonds. The highest BCUT2D eigenvalue weighted by atomic mass is 16.5. The quantitative estimate of drug-likeness (QED) is 0.156. The Morgan fingerprint density at radius 2 is 0.741 bits per heavy atom. The maximum atomic E-state index is 11.3. The SMILES string of the molecule is CC(C)(C)c1cc(C=Nc2ccccc2Oc2ccccc2Oc2ccccc2N=Cc2cc(C(C)(C)C)cc(C(C)(C)C)c2O)c(O)c(C(C)(C)C)c1. The summed E-state index contributed by atoms with van der Waals surface area (Å²) in [5.74, 6) is 2.51. The number of aromatic hydroxyl groups is 2. The molecule has 5 aromatic carbocycles. The van der Waals surface area contributed by atoms with Crippen LogP contribution in [0.2, 0.25) is 0 Å². The summed E-state index contributed by atoms with van der Waals surface area (Å²) in [6.07, 6.45) is 3.41. The molecular weight excluding hydrogens is 669 g/mol. The van der Waals surface area contributed by atoms with E-state index in [1.54, 1.807) is 12.4 Å². The van der Waals surface area contributed by atoms with Crippen LogP contribution in [0.5, 0.6) is 34.5 Å². The van der Waals surface area contributed by atoms with Gasteiger partial charge in [0.25, 0.3) is 0 Å². The molecule has 0 aromatic heterocycles. The van der Waals surface area contributed by atoms with E-state index in [1.165, 1.54) is 0 Å². The summed E-state index contributed by atoms with van der Waals surface area (Å²) in [6.45, 7) is 25.6. The van der Waals surface area contributed by atoms with Gasteiger partial charge in [-0.3, -0.25) is 9.98 Å². The molecule has 6 heteroatoms. The van der Waals surface area contributed by atoms with Crippen molar-refractivity contribution in [3.05, 3.63) is 130 Å². The lowest BCUT2D eigenvalue weighted by Gasteiger charge is -2.27. The average molecular weight is 725 g/mol. The third-order valence-electron chi connectivity index (χ3n) is 9.33. The van der Waals surface area contributed by atoms with Crippen molar-refractivity contribution in [1.82, 2.24) is 0 Å². The summed E-state index contributed by atoms with van der Waals surface area (Å²) in [6, 6.07) is 30.8. The number of rotatable bonds is 8. The third kappa shape index (κ3) is 9.40. The zero-order chi connectivity index (χ0) is 39.6. The Morgan fingerprint density at radius 3 is 1.06 bits per heavy atom. The Morgan fingerprint density at radius 1 is 0.426 bits per heavy atom. The largest absolute Gasteiger partial charge is 0.507 e. The van der Waals surface area contributed by atoms with Gasteiger partial charge in [0.05, 0.1) is 0 Å². The molecule has 5 rings (SSSR count). The van der Waals surface area contributed by atoms with E-state index in [4.69, 9.17) is 19.5 Å². The van der Waals surface area contributed by atoms with E-state index >= 15 is 0 Å². The molecule has 0 bridgehead atoms. The van der Waals surface area contributed by atoms with Gasteiger partial charge < -0.3 is 19.7 Å². The van der Waals surface area contributed by atoms with Crippen LogP contribution in [0.4, 0.5) is 11.4 Å². The van der Waals surface area contributed by atoms with Gasteiger partial charge >= 0.3 is 0 Å². The fourth-order valence-electron chi connectivity index (χ4n) is 5.95. The van der Waals surface area contributed by atoms with Crippen molar-refractivity contribution in [2.75, 3.05) is 0 Å². The third-order valence-corrected chi connectivity index (χ3v) is 9.33. The monoisotopic (exact) mass is 724 g/mol. The molecule has 6 nitrogen and oxygen atoms in total. The fourth-order valence-corrected chi connectivity index (χ4v) is 5.95. The lowest BCUT2D eigenvalue weighted by molar-refractivity contribution is 0.420. The van der Waals surface area contributed by atoms with Crippen LogP contribution >= 0.6 is 0 Å². The lowest BCUT2D eigenvalue weighted by Crippen LogP contribution is -2.17. The first-order valence-corrected chi connectivity index (χ1v) is 18.6. The van der Waals surface area contributed by atoms with Gasteiger partial charge in [0, 0.05) is 34.7 Å². The summed E-state index contributed by atoms with van der Waals surface area (Å²) in [5.41, 5.74) is 5.77. The molecule has 0 unspecified atom stereocenters. The van der Waals surface area contributed by atoms with Gasteiger partial charge in [-0.1, -0.05) is 132 Å². The number of aliphatic imine (C=N–C) groups is 2. The van der Waals surface area contributed by atoms with Gasteiger partial charge in [-0.15, -0.1) is 0 Å². The molecule has 0 aliphatic rings. The first kappa shape index (κ1) is 39.8. The number of ether oxygens (including phenoxy) is 2. The lowest BCUT2D eigenvalue weighted by atomic mass is 9.79. The minimum Gasteiger partial charge on any atom is -0.507 e. The second kappa shape index (κ2) is 15.2. The van der Waals surface area contributed by atoms with Crippen LogP contribution in [0, 0.1) is 0 Å².